The molecule has 4 nitrogen and oxygen atoms in total. The summed E-state index contributed by atoms with van der Waals surface area (Å²) in [4.78, 5) is 12.0. The molecule has 0 bridgehead atoms. The van der Waals surface area contributed by atoms with Crippen molar-refractivity contribution in [2.24, 2.45) is 11.7 Å². The quantitative estimate of drug-likeness (QED) is 0.828. The molecule has 1 rings (SSSR count). The van der Waals surface area contributed by atoms with E-state index in [-0.39, 0.29) is 17.9 Å². The molecule has 3 atom stereocenters. The molecule has 1 aromatic rings. The molecule has 0 heterocycles. The predicted molar refractivity (Wildman–Crippen MR) is 77.0 cm³/mol. The van der Waals surface area contributed by atoms with Gasteiger partial charge in [-0.1, -0.05) is 32.4 Å². The van der Waals surface area contributed by atoms with Crippen LogP contribution in [0.5, 0.6) is 5.75 Å². The maximum absolute atomic E-state index is 12.0. The summed E-state index contributed by atoms with van der Waals surface area (Å²) in [5.74, 6) is 0.888. The van der Waals surface area contributed by atoms with Crippen molar-refractivity contribution in [3.63, 3.8) is 0 Å². The lowest BCUT2D eigenvalue weighted by atomic mass is 9.98. The Morgan fingerprint density at radius 1 is 1.32 bits per heavy atom. The van der Waals surface area contributed by atoms with E-state index in [1.807, 2.05) is 45.0 Å². The number of carbonyl (C=O) groups excluding carboxylic acids is 1. The summed E-state index contributed by atoms with van der Waals surface area (Å²) >= 11 is 0. The molecular weight excluding hydrogens is 240 g/mol. The third kappa shape index (κ3) is 4.24. The van der Waals surface area contributed by atoms with Crippen LogP contribution in [-0.4, -0.2) is 19.1 Å². The summed E-state index contributed by atoms with van der Waals surface area (Å²) in [6.45, 7) is 5.97. The third-order valence-electron chi connectivity index (χ3n) is 3.53. The van der Waals surface area contributed by atoms with Crippen LogP contribution in [0.3, 0.4) is 0 Å². The maximum atomic E-state index is 12.0. The standard InChI is InChI=1S/C15H24N2O2/c1-5-10(2)14(16)15(18)17-11(3)12-6-8-13(19-4)9-7-12/h6-11,14H,5,16H2,1-4H3,(H,17,18)/t10-,11-,14+/m0/s1. The highest BCUT2D eigenvalue weighted by atomic mass is 16.5. The van der Waals surface area contributed by atoms with E-state index in [2.05, 4.69) is 5.32 Å². The van der Waals surface area contributed by atoms with Gasteiger partial charge in [0.25, 0.3) is 0 Å². The Hall–Kier alpha value is -1.55. The Morgan fingerprint density at radius 2 is 1.89 bits per heavy atom. The molecule has 0 unspecified atom stereocenters. The van der Waals surface area contributed by atoms with Gasteiger partial charge in [-0.15, -0.1) is 0 Å². The third-order valence-corrected chi connectivity index (χ3v) is 3.53. The van der Waals surface area contributed by atoms with Crippen molar-refractivity contribution < 1.29 is 9.53 Å². The van der Waals surface area contributed by atoms with Crippen molar-refractivity contribution >= 4 is 5.91 Å². The summed E-state index contributed by atoms with van der Waals surface area (Å²) in [6, 6.07) is 7.13. The second kappa shape index (κ2) is 7.14. The van der Waals surface area contributed by atoms with E-state index < -0.39 is 6.04 Å². The average molecular weight is 264 g/mol. The van der Waals surface area contributed by atoms with Crippen molar-refractivity contribution in [3.05, 3.63) is 29.8 Å². The van der Waals surface area contributed by atoms with Crippen molar-refractivity contribution in [1.82, 2.24) is 5.32 Å². The van der Waals surface area contributed by atoms with Crippen LogP contribution in [0.2, 0.25) is 0 Å². The first kappa shape index (κ1) is 15.5. The molecule has 19 heavy (non-hydrogen) atoms. The first-order valence-corrected chi connectivity index (χ1v) is 6.69. The van der Waals surface area contributed by atoms with Crippen LogP contribution >= 0.6 is 0 Å². The van der Waals surface area contributed by atoms with Crippen molar-refractivity contribution in [1.29, 1.82) is 0 Å². The zero-order valence-corrected chi connectivity index (χ0v) is 12.1. The first-order valence-electron chi connectivity index (χ1n) is 6.69. The Labute approximate surface area is 115 Å². The fourth-order valence-electron chi connectivity index (χ4n) is 1.80. The minimum absolute atomic E-state index is 0.0616. The van der Waals surface area contributed by atoms with E-state index in [0.29, 0.717) is 0 Å². The van der Waals surface area contributed by atoms with Crippen LogP contribution in [0.1, 0.15) is 38.8 Å². The number of nitrogens with two attached hydrogens (primary N) is 1. The average Bonchev–Trinajstić information content (AvgIpc) is 2.45. The number of nitrogens with one attached hydrogen (secondary N) is 1. The van der Waals surface area contributed by atoms with Crippen LogP contribution in [0.15, 0.2) is 24.3 Å². The van der Waals surface area contributed by atoms with Crippen LogP contribution in [-0.2, 0) is 4.79 Å². The molecule has 1 aromatic carbocycles. The number of rotatable bonds is 6. The van der Waals surface area contributed by atoms with Gasteiger partial charge < -0.3 is 15.8 Å². The molecule has 0 fully saturated rings. The number of hydrogen-bond acceptors (Lipinski definition) is 3. The van der Waals surface area contributed by atoms with Gasteiger partial charge in [-0.2, -0.15) is 0 Å². The lowest BCUT2D eigenvalue weighted by Gasteiger charge is -2.21. The highest BCUT2D eigenvalue weighted by Gasteiger charge is 2.21. The molecule has 106 valence electrons. The van der Waals surface area contributed by atoms with Crippen LogP contribution in [0.4, 0.5) is 0 Å². The Balaban J connectivity index is 2.63. The minimum atomic E-state index is -0.453. The monoisotopic (exact) mass is 264 g/mol. The van der Waals surface area contributed by atoms with E-state index in [1.165, 1.54) is 0 Å². The van der Waals surface area contributed by atoms with E-state index in [0.717, 1.165) is 17.7 Å². The fourth-order valence-corrected chi connectivity index (χ4v) is 1.80. The van der Waals surface area contributed by atoms with Gasteiger partial charge in [-0.3, -0.25) is 4.79 Å². The number of benzene rings is 1. The molecule has 0 aliphatic heterocycles. The van der Waals surface area contributed by atoms with Gasteiger partial charge in [0.2, 0.25) is 5.91 Å². The lowest BCUT2D eigenvalue weighted by molar-refractivity contribution is -0.124. The zero-order chi connectivity index (χ0) is 14.4. The largest absolute Gasteiger partial charge is 0.497 e. The van der Waals surface area contributed by atoms with E-state index in [1.54, 1.807) is 7.11 Å². The minimum Gasteiger partial charge on any atom is -0.497 e. The predicted octanol–water partition coefficient (Wildman–Crippen LogP) is 2.25. The normalized spacial score (nSPS) is 15.4. The number of ether oxygens (including phenoxy) is 1. The summed E-state index contributed by atoms with van der Waals surface area (Å²) in [6.07, 6.45) is 0.894. The molecule has 0 aromatic heterocycles. The SMILES string of the molecule is CC[C@H](C)[C@@H](N)C(=O)N[C@@H](C)c1ccc(OC)cc1. The summed E-state index contributed by atoms with van der Waals surface area (Å²) in [7, 11) is 1.63. The zero-order valence-electron chi connectivity index (χ0n) is 12.1. The molecule has 0 radical (unpaired) electrons. The Kier molecular flexibility index (Phi) is 5.83. The molecule has 3 N–H and O–H groups in total. The molecule has 0 spiro atoms. The van der Waals surface area contributed by atoms with Gasteiger partial charge in [0.15, 0.2) is 0 Å². The number of hydrogen-bond donors (Lipinski definition) is 2. The van der Waals surface area contributed by atoms with Crippen molar-refractivity contribution in [2.75, 3.05) is 7.11 Å². The van der Waals surface area contributed by atoms with Gasteiger partial charge in [-0.25, -0.2) is 0 Å². The lowest BCUT2D eigenvalue weighted by Crippen LogP contribution is -2.45. The smallest absolute Gasteiger partial charge is 0.237 e. The van der Waals surface area contributed by atoms with Gasteiger partial charge in [0.05, 0.1) is 19.2 Å². The highest BCUT2D eigenvalue weighted by Crippen LogP contribution is 2.17. The van der Waals surface area contributed by atoms with Crippen LogP contribution in [0.25, 0.3) is 0 Å². The summed E-state index contributed by atoms with van der Waals surface area (Å²) < 4.78 is 5.11. The maximum Gasteiger partial charge on any atom is 0.237 e. The van der Waals surface area contributed by atoms with Crippen LogP contribution in [0, 0.1) is 5.92 Å². The Morgan fingerprint density at radius 3 is 2.37 bits per heavy atom. The van der Waals surface area contributed by atoms with Gasteiger partial charge in [0.1, 0.15) is 5.75 Å². The van der Waals surface area contributed by atoms with E-state index in [4.69, 9.17) is 10.5 Å². The van der Waals surface area contributed by atoms with Crippen molar-refractivity contribution in [2.45, 2.75) is 39.3 Å². The molecule has 0 saturated heterocycles. The molecular formula is C15H24N2O2. The fraction of sp³-hybridized carbons (Fsp3) is 0.533. The summed E-state index contributed by atoms with van der Waals surface area (Å²) in [5.41, 5.74) is 6.94. The van der Waals surface area contributed by atoms with Crippen LogP contribution < -0.4 is 15.8 Å². The van der Waals surface area contributed by atoms with Gasteiger partial charge in [-0.05, 0) is 30.5 Å². The second-order valence-electron chi connectivity index (χ2n) is 4.91. The molecule has 4 heteroatoms. The van der Waals surface area contributed by atoms with E-state index in [9.17, 15) is 4.79 Å². The highest BCUT2D eigenvalue weighted by molar-refractivity contribution is 5.82. The topological polar surface area (TPSA) is 64.4 Å². The van der Waals surface area contributed by atoms with Gasteiger partial charge >= 0.3 is 0 Å². The number of carbonyl (C=O) groups is 1. The van der Waals surface area contributed by atoms with Crippen molar-refractivity contribution in [3.8, 4) is 5.75 Å². The molecule has 1 amide bonds. The molecule has 0 saturated carbocycles. The second-order valence-corrected chi connectivity index (χ2v) is 4.91. The number of amides is 1. The number of methoxy groups -OCH3 is 1. The van der Waals surface area contributed by atoms with Gasteiger partial charge in [0, 0.05) is 0 Å². The Bertz CT molecular complexity index is 403. The van der Waals surface area contributed by atoms with E-state index >= 15 is 0 Å². The molecule has 0 aliphatic rings. The first-order chi connectivity index (χ1) is 8.99. The summed E-state index contributed by atoms with van der Waals surface area (Å²) in [5, 5.41) is 2.94. The molecule has 0 aliphatic carbocycles.